The molecule has 1 fully saturated rings. The normalized spacial score (nSPS) is 16.0. The maximum Gasteiger partial charge on any atom is 0.331 e. The van der Waals surface area contributed by atoms with Crippen molar-refractivity contribution >= 4 is 34.8 Å². The van der Waals surface area contributed by atoms with Crippen molar-refractivity contribution in [1.29, 1.82) is 0 Å². The van der Waals surface area contributed by atoms with Crippen LogP contribution < -0.4 is 5.32 Å². The minimum atomic E-state index is -0.753. The second-order valence-corrected chi connectivity index (χ2v) is 6.86. The van der Waals surface area contributed by atoms with E-state index in [1.54, 1.807) is 12.1 Å². The van der Waals surface area contributed by atoms with Crippen molar-refractivity contribution in [1.82, 2.24) is 14.8 Å². The second kappa shape index (κ2) is 7.35. The average molecular weight is 391 g/mol. The molecule has 146 valence electrons. The molecule has 1 saturated heterocycles. The van der Waals surface area contributed by atoms with Crippen LogP contribution in [0.3, 0.4) is 0 Å². The van der Waals surface area contributed by atoms with Crippen molar-refractivity contribution in [2.24, 2.45) is 7.05 Å². The molecule has 0 unspecified atom stereocenters. The number of hydrogen-bond acceptors (Lipinski definition) is 3. The van der Waals surface area contributed by atoms with E-state index in [1.165, 1.54) is 18.2 Å². The highest BCUT2D eigenvalue weighted by Gasteiger charge is 2.35. The fourth-order valence-electron chi connectivity index (χ4n) is 3.43. The smallest absolute Gasteiger partial charge is 0.331 e. The molecular weight excluding hydrogens is 373 g/mol. The molecule has 0 spiro atoms. The van der Waals surface area contributed by atoms with Crippen LogP contribution in [0.15, 0.2) is 60.3 Å². The Balaban J connectivity index is 1.62. The van der Waals surface area contributed by atoms with Gasteiger partial charge in [-0.3, -0.25) is 19.8 Å². The monoisotopic (exact) mass is 391 g/mol. The standard InChI is InChI=1S/C22H18FN3O3/c1-25-13-15(17-4-2-3-5-19(17)25)12-18-20(27)24-22(29)26(21(18)28)11-10-14-6-8-16(23)9-7-14/h2-9,12-13H,10-11H2,1H3,(H,24,27,29). The summed E-state index contributed by atoms with van der Waals surface area (Å²) in [5.41, 5.74) is 2.37. The Kier molecular flexibility index (Phi) is 4.72. The number of aryl methyl sites for hydroxylation is 1. The lowest BCUT2D eigenvalue weighted by atomic mass is 10.1. The molecule has 0 atom stereocenters. The largest absolute Gasteiger partial charge is 0.350 e. The number of halogens is 1. The zero-order chi connectivity index (χ0) is 20.5. The summed E-state index contributed by atoms with van der Waals surface area (Å²) >= 11 is 0. The first-order valence-electron chi connectivity index (χ1n) is 9.11. The third-order valence-corrected chi connectivity index (χ3v) is 4.95. The Labute approximate surface area is 166 Å². The Morgan fingerprint density at radius 1 is 1.03 bits per heavy atom. The molecule has 2 heterocycles. The van der Waals surface area contributed by atoms with Gasteiger partial charge in [-0.1, -0.05) is 30.3 Å². The van der Waals surface area contributed by atoms with Gasteiger partial charge >= 0.3 is 6.03 Å². The summed E-state index contributed by atoms with van der Waals surface area (Å²) in [7, 11) is 1.88. The Morgan fingerprint density at radius 3 is 2.52 bits per heavy atom. The zero-order valence-corrected chi connectivity index (χ0v) is 15.7. The molecule has 2 aromatic carbocycles. The molecule has 0 bridgehead atoms. The molecule has 4 amide bonds. The summed E-state index contributed by atoms with van der Waals surface area (Å²) in [6.45, 7) is 0.0798. The number of para-hydroxylation sites is 1. The van der Waals surface area contributed by atoms with Gasteiger partial charge in [-0.25, -0.2) is 9.18 Å². The Bertz CT molecular complexity index is 1160. The number of rotatable bonds is 4. The van der Waals surface area contributed by atoms with Gasteiger partial charge in [0.2, 0.25) is 0 Å². The lowest BCUT2D eigenvalue weighted by Crippen LogP contribution is -2.54. The van der Waals surface area contributed by atoms with Gasteiger partial charge in [-0.2, -0.15) is 0 Å². The van der Waals surface area contributed by atoms with E-state index < -0.39 is 17.8 Å². The summed E-state index contributed by atoms with van der Waals surface area (Å²) in [6.07, 6.45) is 3.70. The summed E-state index contributed by atoms with van der Waals surface area (Å²) in [5, 5.41) is 3.12. The quantitative estimate of drug-likeness (QED) is 0.549. The van der Waals surface area contributed by atoms with Gasteiger partial charge in [0, 0.05) is 36.3 Å². The van der Waals surface area contributed by atoms with E-state index in [-0.39, 0.29) is 17.9 Å². The second-order valence-electron chi connectivity index (χ2n) is 6.86. The number of nitrogens with one attached hydrogen (secondary N) is 1. The molecule has 1 aliphatic heterocycles. The number of benzene rings is 2. The fraction of sp³-hybridized carbons (Fsp3) is 0.136. The van der Waals surface area contributed by atoms with E-state index in [2.05, 4.69) is 5.32 Å². The van der Waals surface area contributed by atoms with Crippen LogP contribution >= 0.6 is 0 Å². The Hall–Kier alpha value is -3.74. The van der Waals surface area contributed by atoms with E-state index >= 15 is 0 Å². The zero-order valence-electron chi connectivity index (χ0n) is 15.7. The highest BCUT2D eigenvalue weighted by Crippen LogP contribution is 2.24. The summed E-state index contributed by atoms with van der Waals surface area (Å²) in [6, 6.07) is 12.7. The lowest BCUT2D eigenvalue weighted by Gasteiger charge is -2.26. The predicted molar refractivity (Wildman–Crippen MR) is 106 cm³/mol. The number of hydrogen-bond donors (Lipinski definition) is 1. The van der Waals surface area contributed by atoms with Crippen LogP contribution in [-0.4, -0.2) is 33.9 Å². The van der Waals surface area contributed by atoms with E-state index in [0.29, 0.717) is 6.42 Å². The van der Waals surface area contributed by atoms with Crippen LogP contribution in [0, 0.1) is 5.82 Å². The van der Waals surface area contributed by atoms with Crippen LogP contribution in [0.1, 0.15) is 11.1 Å². The first-order valence-corrected chi connectivity index (χ1v) is 9.11. The topological polar surface area (TPSA) is 71.4 Å². The van der Waals surface area contributed by atoms with Gasteiger partial charge in [0.25, 0.3) is 11.8 Å². The molecule has 0 aliphatic carbocycles. The van der Waals surface area contributed by atoms with Crippen molar-refractivity contribution in [2.75, 3.05) is 6.54 Å². The van der Waals surface area contributed by atoms with Gasteiger partial charge in [0.05, 0.1) is 0 Å². The first-order chi connectivity index (χ1) is 13.9. The number of urea groups is 1. The number of barbiturate groups is 1. The number of fused-ring (bicyclic) bond motifs is 1. The van der Waals surface area contributed by atoms with Gasteiger partial charge in [-0.15, -0.1) is 0 Å². The lowest BCUT2D eigenvalue weighted by molar-refractivity contribution is -0.130. The number of carbonyl (C=O) groups is 3. The van der Waals surface area contributed by atoms with Crippen molar-refractivity contribution in [2.45, 2.75) is 6.42 Å². The molecule has 1 aliphatic rings. The molecule has 0 saturated carbocycles. The van der Waals surface area contributed by atoms with E-state index in [9.17, 15) is 18.8 Å². The molecule has 0 radical (unpaired) electrons. The third kappa shape index (κ3) is 3.54. The van der Waals surface area contributed by atoms with Gasteiger partial charge < -0.3 is 4.57 Å². The molecule has 6 nitrogen and oxygen atoms in total. The maximum absolute atomic E-state index is 13.0. The summed E-state index contributed by atoms with van der Waals surface area (Å²) in [5.74, 6) is -1.72. The number of nitrogens with zero attached hydrogens (tertiary/aromatic N) is 2. The molecule has 1 aromatic heterocycles. The van der Waals surface area contributed by atoms with Crippen LogP contribution in [-0.2, 0) is 23.1 Å². The summed E-state index contributed by atoms with van der Waals surface area (Å²) < 4.78 is 15.0. The van der Waals surface area contributed by atoms with E-state index in [1.807, 2.05) is 42.1 Å². The highest BCUT2D eigenvalue weighted by molar-refractivity contribution is 6.31. The van der Waals surface area contributed by atoms with Gasteiger partial charge in [0.15, 0.2) is 0 Å². The maximum atomic E-state index is 13.0. The van der Waals surface area contributed by atoms with Crippen molar-refractivity contribution in [3.63, 3.8) is 0 Å². The van der Waals surface area contributed by atoms with Crippen LogP contribution in [0.25, 0.3) is 17.0 Å². The van der Waals surface area contributed by atoms with Crippen molar-refractivity contribution in [3.05, 3.63) is 77.2 Å². The van der Waals surface area contributed by atoms with Gasteiger partial charge in [0.1, 0.15) is 11.4 Å². The fourth-order valence-corrected chi connectivity index (χ4v) is 3.43. The number of imide groups is 2. The molecule has 4 rings (SSSR count). The number of amides is 4. The number of aromatic nitrogens is 1. The first kappa shape index (κ1) is 18.6. The van der Waals surface area contributed by atoms with Crippen LogP contribution in [0.4, 0.5) is 9.18 Å². The molecule has 3 aromatic rings. The molecular formula is C22H18FN3O3. The van der Waals surface area contributed by atoms with E-state index in [0.717, 1.165) is 26.9 Å². The van der Waals surface area contributed by atoms with Gasteiger partial charge in [-0.05, 0) is 36.3 Å². The third-order valence-electron chi connectivity index (χ3n) is 4.95. The highest BCUT2D eigenvalue weighted by atomic mass is 19.1. The average Bonchev–Trinajstić information content (AvgIpc) is 3.02. The van der Waals surface area contributed by atoms with Crippen molar-refractivity contribution < 1.29 is 18.8 Å². The molecule has 1 N–H and O–H groups in total. The SMILES string of the molecule is Cn1cc(C=C2C(=O)NC(=O)N(CCc3ccc(F)cc3)C2=O)c2ccccc21. The predicted octanol–water partition coefficient (Wildman–Crippen LogP) is 3.02. The minimum absolute atomic E-state index is 0.0798. The summed E-state index contributed by atoms with van der Waals surface area (Å²) in [4.78, 5) is 38.4. The Morgan fingerprint density at radius 2 is 1.76 bits per heavy atom. The minimum Gasteiger partial charge on any atom is -0.350 e. The van der Waals surface area contributed by atoms with E-state index in [4.69, 9.17) is 0 Å². The van der Waals surface area contributed by atoms with Crippen molar-refractivity contribution in [3.8, 4) is 0 Å². The van der Waals surface area contributed by atoms with Crippen LogP contribution in [0.5, 0.6) is 0 Å². The van der Waals surface area contributed by atoms with Crippen LogP contribution in [0.2, 0.25) is 0 Å². The molecule has 7 heteroatoms. The molecule has 29 heavy (non-hydrogen) atoms. The number of carbonyl (C=O) groups excluding carboxylic acids is 3.